The van der Waals surface area contributed by atoms with Crippen LogP contribution in [0.15, 0.2) is 0 Å². The number of ether oxygens (including phenoxy) is 2. The molecule has 1 unspecified atom stereocenters. The first kappa shape index (κ1) is 20.6. The van der Waals surface area contributed by atoms with Crippen molar-refractivity contribution in [1.29, 1.82) is 0 Å². The molecule has 0 aromatic carbocycles. The highest BCUT2D eigenvalue weighted by Gasteiger charge is 2.63. The summed E-state index contributed by atoms with van der Waals surface area (Å²) in [6.45, 7) is 10.0. The van der Waals surface area contributed by atoms with E-state index in [1.54, 1.807) is 6.92 Å². The predicted octanol–water partition coefficient (Wildman–Crippen LogP) is 2.42. The number of hydrogen-bond donors (Lipinski definition) is 1. The first-order chi connectivity index (χ1) is 12.8. The highest BCUT2D eigenvalue weighted by molar-refractivity contribution is 5.81. The number of nitrogens with one attached hydrogen (secondary N) is 1. The number of carbonyl (C=O) groups excluding carboxylic acids is 2. The lowest BCUT2D eigenvalue weighted by Gasteiger charge is -2.40. The molecule has 27 heavy (non-hydrogen) atoms. The third kappa shape index (κ3) is 4.32. The third-order valence-electron chi connectivity index (χ3n) is 7.29. The van der Waals surface area contributed by atoms with Crippen molar-refractivity contribution in [3.63, 3.8) is 0 Å². The number of piperidine rings is 1. The maximum atomic E-state index is 13.2. The number of fused-ring (bicyclic) bond motifs is 1. The average molecular weight is 381 g/mol. The molecular formula is C21H36N2O4. The fourth-order valence-corrected chi connectivity index (χ4v) is 5.28. The lowest BCUT2D eigenvalue weighted by molar-refractivity contribution is -0.143. The van der Waals surface area contributed by atoms with Crippen LogP contribution < -0.4 is 5.32 Å². The monoisotopic (exact) mass is 380 g/mol. The van der Waals surface area contributed by atoms with Gasteiger partial charge in [0, 0.05) is 32.2 Å². The molecule has 0 bridgehead atoms. The van der Waals surface area contributed by atoms with E-state index in [1.165, 1.54) is 7.11 Å². The van der Waals surface area contributed by atoms with Crippen LogP contribution >= 0.6 is 0 Å². The van der Waals surface area contributed by atoms with Gasteiger partial charge in [-0.1, -0.05) is 20.8 Å². The zero-order chi connectivity index (χ0) is 19.8. The Labute approximate surface area is 163 Å². The van der Waals surface area contributed by atoms with Gasteiger partial charge in [0.1, 0.15) is 12.9 Å². The molecule has 154 valence electrons. The second kappa shape index (κ2) is 8.08. The number of likely N-dealkylation sites (tertiary alicyclic amines) is 1. The lowest BCUT2D eigenvalue weighted by atomic mass is 9.88. The summed E-state index contributed by atoms with van der Waals surface area (Å²) in [7, 11) is 1.53. The van der Waals surface area contributed by atoms with Gasteiger partial charge < -0.3 is 19.7 Å². The number of rotatable bonds is 7. The van der Waals surface area contributed by atoms with Gasteiger partial charge in [0.2, 0.25) is 11.8 Å². The Morgan fingerprint density at radius 2 is 1.89 bits per heavy atom. The Hall–Kier alpha value is -1.14. The van der Waals surface area contributed by atoms with Gasteiger partial charge >= 0.3 is 0 Å². The van der Waals surface area contributed by atoms with Crippen LogP contribution in [0.1, 0.15) is 53.4 Å². The van der Waals surface area contributed by atoms with E-state index in [9.17, 15) is 9.59 Å². The van der Waals surface area contributed by atoms with E-state index in [1.807, 2.05) is 0 Å². The van der Waals surface area contributed by atoms with Crippen molar-refractivity contribution in [1.82, 2.24) is 10.2 Å². The summed E-state index contributed by atoms with van der Waals surface area (Å²) in [4.78, 5) is 27.5. The quantitative estimate of drug-likeness (QED) is 0.689. The number of hydrogen-bond acceptors (Lipinski definition) is 4. The Kier molecular flexibility index (Phi) is 6.16. The molecule has 0 radical (unpaired) electrons. The minimum absolute atomic E-state index is 0.0877. The molecular weight excluding hydrogens is 344 g/mol. The van der Waals surface area contributed by atoms with Crippen LogP contribution in [0.5, 0.6) is 0 Å². The van der Waals surface area contributed by atoms with Crippen LogP contribution in [0, 0.1) is 29.1 Å². The normalized spacial score (nSPS) is 35.4. The van der Waals surface area contributed by atoms with Crippen molar-refractivity contribution < 1.29 is 19.1 Å². The molecule has 0 aromatic rings. The fourth-order valence-electron chi connectivity index (χ4n) is 5.28. The van der Waals surface area contributed by atoms with E-state index in [2.05, 4.69) is 31.0 Å². The molecule has 0 aromatic heterocycles. The first-order valence-corrected chi connectivity index (χ1v) is 10.4. The molecule has 3 fully saturated rings. The van der Waals surface area contributed by atoms with Gasteiger partial charge in [-0.15, -0.1) is 0 Å². The summed E-state index contributed by atoms with van der Waals surface area (Å²) < 4.78 is 10.1. The van der Waals surface area contributed by atoms with Gasteiger partial charge in [0.15, 0.2) is 0 Å². The van der Waals surface area contributed by atoms with Gasteiger partial charge in [-0.25, -0.2) is 0 Å². The molecule has 3 rings (SSSR count). The van der Waals surface area contributed by atoms with Crippen LogP contribution in [0.2, 0.25) is 0 Å². The van der Waals surface area contributed by atoms with Crippen LogP contribution in [0.25, 0.3) is 0 Å². The van der Waals surface area contributed by atoms with Gasteiger partial charge in [-0.3, -0.25) is 9.59 Å². The number of amides is 2. The highest BCUT2D eigenvalue weighted by atomic mass is 16.7. The molecule has 6 heteroatoms. The van der Waals surface area contributed by atoms with E-state index in [0.717, 1.165) is 44.1 Å². The zero-order valence-corrected chi connectivity index (χ0v) is 17.5. The summed E-state index contributed by atoms with van der Waals surface area (Å²) >= 11 is 0. The summed E-state index contributed by atoms with van der Waals surface area (Å²) in [5.41, 5.74) is 0.443. The van der Waals surface area contributed by atoms with Crippen molar-refractivity contribution >= 4 is 11.8 Å². The average Bonchev–Trinajstić information content (AvgIpc) is 3.00. The second-order valence-corrected chi connectivity index (χ2v) is 9.48. The standard InChI is InChI=1S/C21H36N2O4/c1-13-6-7-23(20(25)15-9-17-18(10-15)21(17,3)4)16(8-13)11-22-19(24)14(2)27-12-26-5/h13-18H,6-12H2,1-5H3,(H,22,24)/t13-,14+,15?,16+,17-,18+/m1/s1. The molecule has 3 aliphatic rings. The summed E-state index contributed by atoms with van der Waals surface area (Å²) in [5.74, 6) is 2.38. The third-order valence-corrected chi connectivity index (χ3v) is 7.29. The van der Waals surface area contributed by atoms with Crippen LogP contribution in [-0.2, 0) is 19.1 Å². The SMILES string of the molecule is COCO[C@@H](C)C(=O)NC[C@@H]1C[C@H](C)CCN1C(=O)C1C[C@@H]2[C@H](C1)C2(C)C. The van der Waals surface area contributed by atoms with Crippen molar-refractivity contribution in [2.24, 2.45) is 29.1 Å². The highest BCUT2D eigenvalue weighted by Crippen LogP contribution is 2.68. The van der Waals surface area contributed by atoms with E-state index in [4.69, 9.17) is 9.47 Å². The van der Waals surface area contributed by atoms with E-state index < -0.39 is 6.10 Å². The number of nitrogens with zero attached hydrogens (tertiary/aromatic N) is 1. The first-order valence-electron chi connectivity index (χ1n) is 10.4. The van der Waals surface area contributed by atoms with Gasteiger partial charge in [-0.05, 0) is 55.8 Å². The Morgan fingerprint density at radius 3 is 2.52 bits per heavy atom. The molecule has 1 saturated heterocycles. The van der Waals surface area contributed by atoms with Crippen molar-refractivity contribution in [3.8, 4) is 0 Å². The molecule has 2 saturated carbocycles. The van der Waals surface area contributed by atoms with E-state index in [0.29, 0.717) is 23.8 Å². The summed E-state index contributed by atoms with van der Waals surface area (Å²) in [6, 6.07) is 0.0877. The minimum atomic E-state index is -0.556. The zero-order valence-electron chi connectivity index (χ0n) is 17.5. The van der Waals surface area contributed by atoms with Crippen LogP contribution in [0.3, 0.4) is 0 Å². The minimum Gasteiger partial charge on any atom is -0.359 e. The summed E-state index contributed by atoms with van der Waals surface area (Å²) in [6.07, 6.45) is 3.53. The van der Waals surface area contributed by atoms with Crippen LogP contribution in [-0.4, -0.2) is 55.9 Å². The number of carbonyl (C=O) groups is 2. The second-order valence-electron chi connectivity index (χ2n) is 9.48. The topological polar surface area (TPSA) is 67.9 Å². The van der Waals surface area contributed by atoms with Gasteiger partial charge in [-0.2, -0.15) is 0 Å². The molecule has 6 atom stereocenters. The molecule has 0 spiro atoms. The lowest BCUT2D eigenvalue weighted by Crippen LogP contribution is -2.53. The number of methoxy groups -OCH3 is 1. The Bertz CT molecular complexity index is 550. The molecule has 1 N–H and O–H groups in total. The van der Waals surface area contributed by atoms with Crippen molar-refractivity contribution in [3.05, 3.63) is 0 Å². The molecule has 1 heterocycles. The van der Waals surface area contributed by atoms with Crippen molar-refractivity contribution in [2.75, 3.05) is 27.0 Å². The molecule has 6 nitrogen and oxygen atoms in total. The largest absolute Gasteiger partial charge is 0.359 e. The summed E-state index contributed by atoms with van der Waals surface area (Å²) in [5, 5.41) is 2.97. The Balaban J connectivity index is 1.54. The van der Waals surface area contributed by atoms with E-state index in [-0.39, 0.29) is 24.7 Å². The smallest absolute Gasteiger partial charge is 0.249 e. The molecule has 1 aliphatic heterocycles. The maximum Gasteiger partial charge on any atom is 0.249 e. The van der Waals surface area contributed by atoms with Crippen LogP contribution in [0.4, 0.5) is 0 Å². The Morgan fingerprint density at radius 1 is 1.22 bits per heavy atom. The predicted molar refractivity (Wildman–Crippen MR) is 103 cm³/mol. The molecule has 2 amide bonds. The van der Waals surface area contributed by atoms with Gasteiger partial charge in [0.05, 0.1) is 0 Å². The van der Waals surface area contributed by atoms with E-state index >= 15 is 0 Å². The molecule has 2 aliphatic carbocycles. The van der Waals surface area contributed by atoms with Crippen molar-refractivity contribution in [2.45, 2.75) is 65.5 Å². The maximum absolute atomic E-state index is 13.2. The van der Waals surface area contributed by atoms with Gasteiger partial charge in [0.25, 0.3) is 0 Å². The fraction of sp³-hybridized carbons (Fsp3) is 0.905.